The van der Waals surface area contributed by atoms with Crippen LogP contribution in [0.25, 0.3) is 21.3 Å². The number of pyridine rings is 1. The molecule has 4 heterocycles. The summed E-state index contributed by atoms with van der Waals surface area (Å²) in [5.41, 5.74) is 3.33. The number of imidazole rings is 1. The molecule has 1 aliphatic heterocycles. The van der Waals surface area contributed by atoms with Crippen molar-refractivity contribution in [3.05, 3.63) is 23.5 Å². The highest BCUT2D eigenvalue weighted by Gasteiger charge is 2.24. The van der Waals surface area contributed by atoms with E-state index in [2.05, 4.69) is 34.8 Å². The highest BCUT2D eigenvalue weighted by atomic mass is 32.1. The van der Waals surface area contributed by atoms with Gasteiger partial charge in [-0.15, -0.1) is 11.3 Å². The number of hydrogen-bond acceptors (Lipinski definition) is 4. The summed E-state index contributed by atoms with van der Waals surface area (Å²) in [7, 11) is 0. The van der Waals surface area contributed by atoms with Gasteiger partial charge in [0.1, 0.15) is 11.3 Å². The Labute approximate surface area is 127 Å². The minimum atomic E-state index is 0.397. The Morgan fingerprint density at radius 3 is 3.05 bits per heavy atom. The van der Waals surface area contributed by atoms with Gasteiger partial charge < -0.3 is 9.30 Å². The van der Waals surface area contributed by atoms with Gasteiger partial charge in [0.25, 0.3) is 0 Å². The van der Waals surface area contributed by atoms with E-state index in [1.807, 2.05) is 6.20 Å². The van der Waals surface area contributed by atoms with E-state index in [0.717, 1.165) is 36.5 Å². The molecule has 1 aliphatic rings. The number of aromatic nitrogens is 3. The van der Waals surface area contributed by atoms with Crippen molar-refractivity contribution in [3.63, 3.8) is 0 Å². The summed E-state index contributed by atoms with van der Waals surface area (Å²) in [6.45, 7) is 6.09. The van der Waals surface area contributed by atoms with Crippen molar-refractivity contribution in [1.82, 2.24) is 14.5 Å². The first-order valence-corrected chi connectivity index (χ1v) is 8.45. The lowest BCUT2D eigenvalue weighted by Crippen LogP contribution is -2.23. The summed E-state index contributed by atoms with van der Waals surface area (Å²) in [6, 6.07) is 2.48. The second-order valence-electron chi connectivity index (χ2n) is 5.99. The second-order valence-corrected chi connectivity index (χ2v) is 6.91. The van der Waals surface area contributed by atoms with Crippen molar-refractivity contribution in [2.24, 2.45) is 0 Å². The molecule has 3 aromatic heterocycles. The van der Waals surface area contributed by atoms with Crippen molar-refractivity contribution < 1.29 is 4.74 Å². The Bertz CT molecular complexity index is 783. The zero-order valence-electron chi connectivity index (χ0n) is 12.4. The molecule has 21 heavy (non-hydrogen) atoms. The Balaban J connectivity index is 2.03. The lowest BCUT2D eigenvalue weighted by atomic mass is 10.1. The fourth-order valence-electron chi connectivity index (χ4n) is 3.20. The average molecular weight is 301 g/mol. The van der Waals surface area contributed by atoms with Crippen LogP contribution in [-0.4, -0.2) is 27.7 Å². The first kappa shape index (κ1) is 13.2. The number of ether oxygens (including phenoxy) is 1. The number of rotatable bonds is 2. The quantitative estimate of drug-likeness (QED) is 0.715. The molecule has 4 rings (SSSR count). The topological polar surface area (TPSA) is 39.9 Å². The third-order valence-electron chi connectivity index (χ3n) is 4.17. The van der Waals surface area contributed by atoms with E-state index in [0.29, 0.717) is 12.0 Å². The van der Waals surface area contributed by atoms with Crippen LogP contribution in [-0.2, 0) is 4.74 Å². The summed E-state index contributed by atoms with van der Waals surface area (Å²) in [6.07, 6.45) is 4.21. The van der Waals surface area contributed by atoms with Crippen molar-refractivity contribution in [1.29, 1.82) is 0 Å². The van der Waals surface area contributed by atoms with Crippen LogP contribution in [0.5, 0.6) is 0 Å². The molecule has 0 N–H and O–H groups in total. The molecule has 5 heteroatoms. The van der Waals surface area contributed by atoms with Gasteiger partial charge in [0.15, 0.2) is 0 Å². The summed E-state index contributed by atoms with van der Waals surface area (Å²) >= 11 is 1.76. The Hall–Kier alpha value is -1.46. The summed E-state index contributed by atoms with van der Waals surface area (Å²) in [4.78, 5) is 9.40. The highest BCUT2D eigenvalue weighted by molar-refractivity contribution is 7.18. The SMILES string of the molecule is CC(C)c1nc2cnc3ccsc3c2n1C1CCCOC1. The smallest absolute Gasteiger partial charge is 0.112 e. The van der Waals surface area contributed by atoms with E-state index in [-0.39, 0.29) is 0 Å². The fraction of sp³-hybridized carbons (Fsp3) is 0.500. The third-order valence-corrected chi connectivity index (χ3v) is 5.08. The molecule has 0 spiro atoms. The van der Waals surface area contributed by atoms with Crippen LogP contribution >= 0.6 is 11.3 Å². The van der Waals surface area contributed by atoms with Gasteiger partial charge in [-0.3, -0.25) is 4.98 Å². The standard InChI is InChI=1S/C16H19N3OS/c1-10(2)16-18-13-8-17-12-5-7-21-15(12)14(13)19(16)11-4-3-6-20-9-11/h5,7-8,10-11H,3-4,6,9H2,1-2H3. The normalized spacial score (nSPS) is 19.9. The molecule has 0 bridgehead atoms. The molecule has 1 fully saturated rings. The van der Waals surface area contributed by atoms with Crippen LogP contribution in [0.1, 0.15) is 44.5 Å². The zero-order chi connectivity index (χ0) is 14.4. The summed E-state index contributed by atoms with van der Waals surface area (Å²) < 4.78 is 9.40. The largest absolute Gasteiger partial charge is 0.379 e. The Kier molecular flexibility index (Phi) is 3.19. The van der Waals surface area contributed by atoms with E-state index >= 15 is 0 Å². The molecule has 0 radical (unpaired) electrons. The number of thiophene rings is 1. The van der Waals surface area contributed by atoms with Crippen LogP contribution < -0.4 is 0 Å². The Morgan fingerprint density at radius 2 is 2.29 bits per heavy atom. The van der Waals surface area contributed by atoms with Gasteiger partial charge in [-0.05, 0) is 24.3 Å². The van der Waals surface area contributed by atoms with Crippen LogP contribution in [0.3, 0.4) is 0 Å². The van der Waals surface area contributed by atoms with E-state index in [4.69, 9.17) is 9.72 Å². The van der Waals surface area contributed by atoms with Crippen molar-refractivity contribution in [2.45, 2.75) is 38.6 Å². The lowest BCUT2D eigenvalue weighted by Gasteiger charge is -2.26. The molecule has 0 aliphatic carbocycles. The van der Waals surface area contributed by atoms with Crippen LogP contribution in [0.15, 0.2) is 17.6 Å². The summed E-state index contributed by atoms with van der Waals surface area (Å²) in [5, 5.41) is 2.11. The van der Waals surface area contributed by atoms with Gasteiger partial charge in [0.05, 0.1) is 34.6 Å². The number of nitrogens with zero attached hydrogens (tertiary/aromatic N) is 3. The number of fused-ring (bicyclic) bond motifs is 3. The third kappa shape index (κ3) is 2.07. The molecular weight excluding hydrogens is 282 g/mol. The maximum absolute atomic E-state index is 5.72. The molecule has 0 saturated carbocycles. The van der Waals surface area contributed by atoms with Crippen molar-refractivity contribution >= 4 is 32.6 Å². The molecule has 0 aromatic carbocycles. The monoisotopic (exact) mass is 301 g/mol. The van der Waals surface area contributed by atoms with Crippen LogP contribution in [0.2, 0.25) is 0 Å². The molecule has 110 valence electrons. The molecular formula is C16H19N3OS. The molecule has 1 atom stereocenters. The maximum atomic E-state index is 5.72. The second kappa shape index (κ2) is 5.07. The van der Waals surface area contributed by atoms with Gasteiger partial charge >= 0.3 is 0 Å². The fourth-order valence-corrected chi connectivity index (χ4v) is 4.09. The first-order valence-electron chi connectivity index (χ1n) is 7.57. The average Bonchev–Trinajstić information content (AvgIpc) is 3.11. The van der Waals surface area contributed by atoms with E-state index < -0.39 is 0 Å². The first-order chi connectivity index (χ1) is 10.3. The predicted octanol–water partition coefficient (Wildman–Crippen LogP) is 4.12. The van der Waals surface area contributed by atoms with Gasteiger partial charge in [-0.25, -0.2) is 4.98 Å². The van der Waals surface area contributed by atoms with Gasteiger partial charge in [0, 0.05) is 12.5 Å². The summed E-state index contributed by atoms with van der Waals surface area (Å²) in [5.74, 6) is 1.55. The molecule has 1 saturated heterocycles. The van der Waals surface area contributed by atoms with Gasteiger partial charge in [-0.1, -0.05) is 13.8 Å². The molecule has 4 nitrogen and oxygen atoms in total. The number of hydrogen-bond donors (Lipinski definition) is 0. The lowest BCUT2D eigenvalue weighted by molar-refractivity contribution is 0.0594. The molecule has 0 amide bonds. The molecule has 1 unspecified atom stereocenters. The van der Waals surface area contributed by atoms with Gasteiger partial charge in [0.2, 0.25) is 0 Å². The minimum Gasteiger partial charge on any atom is -0.379 e. The van der Waals surface area contributed by atoms with E-state index in [1.54, 1.807) is 11.3 Å². The minimum absolute atomic E-state index is 0.397. The van der Waals surface area contributed by atoms with Crippen LogP contribution in [0, 0.1) is 0 Å². The zero-order valence-corrected chi connectivity index (χ0v) is 13.2. The Morgan fingerprint density at radius 1 is 1.38 bits per heavy atom. The predicted molar refractivity (Wildman–Crippen MR) is 86.1 cm³/mol. The van der Waals surface area contributed by atoms with Crippen molar-refractivity contribution in [2.75, 3.05) is 13.2 Å². The molecule has 3 aromatic rings. The van der Waals surface area contributed by atoms with Gasteiger partial charge in [-0.2, -0.15) is 0 Å². The van der Waals surface area contributed by atoms with Crippen LogP contribution in [0.4, 0.5) is 0 Å². The maximum Gasteiger partial charge on any atom is 0.112 e. The highest BCUT2D eigenvalue weighted by Crippen LogP contribution is 2.35. The van der Waals surface area contributed by atoms with E-state index in [1.165, 1.54) is 16.6 Å². The van der Waals surface area contributed by atoms with Crippen molar-refractivity contribution in [3.8, 4) is 0 Å². The van der Waals surface area contributed by atoms with E-state index in [9.17, 15) is 0 Å².